The highest BCUT2D eigenvalue weighted by Gasteiger charge is 2.21. The molecule has 1 heterocycles. The number of fused-ring (bicyclic) bond motifs is 2. The summed E-state index contributed by atoms with van der Waals surface area (Å²) in [5.41, 5.74) is 3.48. The van der Waals surface area contributed by atoms with Gasteiger partial charge in [0.05, 0.1) is 17.5 Å². The molecule has 0 spiro atoms. The van der Waals surface area contributed by atoms with E-state index in [1.807, 2.05) is 18.2 Å². The van der Waals surface area contributed by atoms with Crippen LogP contribution in [0.1, 0.15) is 30.2 Å². The number of anilines is 1. The molecule has 1 aliphatic rings. The van der Waals surface area contributed by atoms with Gasteiger partial charge >= 0.3 is 5.97 Å². The molecule has 7 nitrogen and oxygen atoms in total. The number of nitrogens with one attached hydrogen (secondary N) is 1. The summed E-state index contributed by atoms with van der Waals surface area (Å²) in [4.78, 5) is 37.1. The Hall–Kier alpha value is -3.48. The second-order valence-electron chi connectivity index (χ2n) is 7.56. The summed E-state index contributed by atoms with van der Waals surface area (Å²) in [5.74, 6) is -0.970. The quantitative estimate of drug-likeness (QED) is 0.659. The van der Waals surface area contributed by atoms with E-state index in [2.05, 4.69) is 10.4 Å². The monoisotopic (exact) mass is 405 g/mol. The lowest BCUT2D eigenvalue weighted by atomic mass is 10.1. The number of esters is 1. The normalized spacial score (nSPS) is 13.7. The van der Waals surface area contributed by atoms with Crippen molar-refractivity contribution in [2.75, 3.05) is 5.32 Å². The SMILES string of the molecule is C[C@@H](OC(=O)Cc1nn(C)c(=O)c2ccccc12)C(=O)Nc1ccc2c(c1)CCC2. The fourth-order valence-corrected chi connectivity index (χ4v) is 3.83. The number of nitrogens with zero attached hydrogens (tertiary/aromatic N) is 2. The Bertz CT molecular complexity index is 1200. The minimum absolute atomic E-state index is 0.134. The molecule has 0 radical (unpaired) electrons. The van der Waals surface area contributed by atoms with Crippen LogP contribution in [-0.2, 0) is 40.6 Å². The van der Waals surface area contributed by atoms with Gasteiger partial charge in [-0.3, -0.25) is 14.4 Å². The zero-order valence-electron chi connectivity index (χ0n) is 17.0. The Kier molecular flexibility index (Phi) is 5.35. The van der Waals surface area contributed by atoms with E-state index >= 15 is 0 Å². The van der Waals surface area contributed by atoms with Crippen LogP contribution in [0.5, 0.6) is 0 Å². The van der Waals surface area contributed by atoms with Crippen molar-refractivity contribution in [3.05, 3.63) is 69.6 Å². The van der Waals surface area contributed by atoms with Gasteiger partial charge in [-0.05, 0) is 55.5 Å². The highest BCUT2D eigenvalue weighted by Crippen LogP contribution is 2.25. The molecule has 0 saturated heterocycles. The average Bonchev–Trinajstić information content (AvgIpc) is 3.19. The molecule has 154 valence electrons. The van der Waals surface area contributed by atoms with Crippen molar-refractivity contribution in [1.82, 2.24) is 9.78 Å². The van der Waals surface area contributed by atoms with Gasteiger partial charge in [0.2, 0.25) is 0 Å². The maximum Gasteiger partial charge on any atom is 0.312 e. The Morgan fingerprint density at radius 2 is 1.87 bits per heavy atom. The van der Waals surface area contributed by atoms with Gasteiger partial charge in [-0.15, -0.1) is 0 Å². The third-order valence-corrected chi connectivity index (χ3v) is 5.39. The van der Waals surface area contributed by atoms with Gasteiger partial charge < -0.3 is 10.1 Å². The molecule has 0 saturated carbocycles. The van der Waals surface area contributed by atoms with Crippen LogP contribution in [0.2, 0.25) is 0 Å². The van der Waals surface area contributed by atoms with E-state index in [9.17, 15) is 14.4 Å². The second-order valence-corrected chi connectivity index (χ2v) is 7.56. The van der Waals surface area contributed by atoms with E-state index in [1.165, 1.54) is 29.8 Å². The van der Waals surface area contributed by atoms with Gasteiger partial charge in [0, 0.05) is 18.1 Å². The van der Waals surface area contributed by atoms with Crippen LogP contribution in [-0.4, -0.2) is 27.8 Å². The first-order valence-electron chi connectivity index (χ1n) is 9.99. The highest BCUT2D eigenvalue weighted by molar-refractivity contribution is 5.95. The summed E-state index contributed by atoms with van der Waals surface area (Å²) < 4.78 is 6.52. The van der Waals surface area contributed by atoms with Crippen LogP contribution in [0.15, 0.2) is 47.3 Å². The van der Waals surface area contributed by atoms with Crippen molar-refractivity contribution in [3.63, 3.8) is 0 Å². The zero-order chi connectivity index (χ0) is 21.3. The first kappa shape index (κ1) is 19.8. The molecule has 1 N–H and O–H groups in total. The number of aryl methyl sites for hydroxylation is 3. The predicted molar refractivity (Wildman–Crippen MR) is 113 cm³/mol. The summed E-state index contributed by atoms with van der Waals surface area (Å²) in [6.45, 7) is 1.53. The lowest BCUT2D eigenvalue weighted by Crippen LogP contribution is -2.31. The van der Waals surface area contributed by atoms with E-state index in [-0.39, 0.29) is 17.9 Å². The van der Waals surface area contributed by atoms with Crippen molar-refractivity contribution in [2.45, 2.75) is 38.7 Å². The Morgan fingerprint density at radius 3 is 2.67 bits per heavy atom. The maximum atomic E-state index is 12.5. The third kappa shape index (κ3) is 3.96. The highest BCUT2D eigenvalue weighted by atomic mass is 16.5. The van der Waals surface area contributed by atoms with E-state index in [1.54, 1.807) is 24.3 Å². The topological polar surface area (TPSA) is 90.3 Å². The third-order valence-electron chi connectivity index (χ3n) is 5.39. The number of rotatable bonds is 5. The molecule has 3 aromatic rings. The van der Waals surface area contributed by atoms with Crippen LogP contribution >= 0.6 is 0 Å². The van der Waals surface area contributed by atoms with Crippen LogP contribution < -0.4 is 10.9 Å². The number of hydrogen-bond acceptors (Lipinski definition) is 5. The van der Waals surface area contributed by atoms with Crippen molar-refractivity contribution in [3.8, 4) is 0 Å². The molecule has 1 amide bonds. The number of ether oxygens (including phenoxy) is 1. The number of amides is 1. The minimum Gasteiger partial charge on any atom is -0.452 e. The fraction of sp³-hybridized carbons (Fsp3) is 0.304. The fourth-order valence-electron chi connectivity index (χ4n) is 3.83. The van der Waals surface area contributed by atoms with Gasteiger partial charge in [0.25, 0.3) is 11.5 Å². The Morgan fingerprint density at radius 1 is 1.13 bits per heavy atom. The lowest BCUT2D eigenvalue weighted by Gasteiger charge is -2.14. The molecule has 1 aliphatic carbocycles. The Balaban J connectivity index is 1.43. The van der Waals surface area contributed by atoms with E-state index in [0.29, 0.717) is 22.2 Å². The number of aromatic nitrogens is 2. The summed E-state index contributed by atoms with van der Waals surface area (Å²) in [6, 6.07) is 12.9. The molecular weight excluding hydrogens is 382 g/mol. The molecule has 0 bridgehead atoms. The first-order chi connectivity index (χ1) is 14.4. The molecule has 0 fully saturated rings. The van der Waals surface area contributed by atoms with Crippen LogP contribution in [0.4, 0.5) is 5.69 Å². The average molecular weight is 405 g/mol. The number of carbonyl (C=O) groups is 2. The smallest absolute Gasteiger partial charge is 0.312 e. The molecule has 7 heteroatoms. The van der Waals surface area contributed by atoms with Gasteiger partial charge in [-0.2, -0.15) is 5.10 Å². The van der Waals surface area contributed by atoms with Crippen molar-refractivity contribution in [1.29, 1.82) is 0 Å². The molecule has 1 atom stereocenters. The van der Waals surface area contributed by atoms with Gasteiger partial charge in [-0.1, -0.05) is 24.3 Å². The molecule has 4 rings (SSSR count). The van der Waals surface area contributed by atoms with Crippen LogP contribution in [0.3, 0.4) is 0 Å². The second kappa shape index (κ2) is 8.10. The standard InChI is InChI=1S/C23H23N3O4/c1-14(22(28)24-17-11-10-15-6-5-7-16(15)12-17)30-21(27)13-20-18-8-3-4-9-19(18)23(29)26(2)25-20/h3-4,8-12,14H,5-7,13H2,1-2H3,(H,24,28)/t14-/m1/s1. The number of hydrogen-bond donors (Lipinski definition) is 1. The van der Waals surface area contributed by atoms with Crippen molar-refractivity contribution >= 4 is 28.3 Å². The molecule has 0 unspecified atom stereocenters. The summed E-state index contributed by atoms with van der Waals surface area (Å²) in [6.07, 6.45) is 2.14. The summed E-state index contributed by atoms with van der Waals surface area (Å²) in [5, 5.41) is 8.10. The minimum atomic E-state index is -0.954. The van der Waals surface area contributed by atoms with Crippen LogP contribution in [0.25, 0.3) is 10.8 Å². The van der Waals surface area contributed by atoms with E-state index in [4.69, 9.17) is 4.74 Å². The molecule has 1 aromatic heterocycles. The van der Waals surface area contributed by atoms with Crippen molar-refractivity contribution < 1.29 is 14.3 Å². The molecular formula is C23H23N3O4. The van der Waals surface area contributed by atoms with E-state index < -0.39 is 12.1 Å². The van der Waals surface area contributed by atoms with Gasteiger partial charge in [-0.25, -0.2) is 4.68 Å². The summed E-state index contributed by atoms with van der Waals surface area (Å²) in [7, 11) is 1.54. The maximum absolute atomic E-state index is 12.5. The van der Waals surface area contributed by atoms with Gasteiger partial charge in [0.15, 0.2) is 6.10 Å². The lowest BCUT2D eigenvalue weighted by molar-refractivity contribution is -0.152. The number of carbonyl (C=O) groups excluding carboxylic acids is 2. The molecule has 2 aromatic carbocycles. The Labute approximate surface area is 173 Å². The molecule has 30 heavy (non-hydrogen) atoms. The first-order valence-corrected chi connectivity index (χ1v) is 9.99. The largest absolute Gasteiger partial charge is 0.452 e. The predicted octanol–water partition coefficient (Wildman–Crippen LogP) is 2.54. The summed E-state index contributed by atoms with van der Waals surface area (Å²) >= 11 is 0. The van der Waals surface area contributed by atoms with Gasteiger partial charge in [0.1, 0.15) is 0 Å². The van der Waals surface area contributed by atoms with E-state index in [0.717, 1.165) is 19.3 Å². The van der Waals surface area contributed by atoms with Crippen molar-refractivity contribution in [2.24, 2.45) is 7.05 Å². The number of benzene rings is 2. The zero-order valence-corrected chi connectivity index (χ0v) is 17.0. The molecule has 0 aliphatic heterocycles. The van der Waals surface area contributed by atoms with Crippen LogP contribution in [0, 0.1) is 0 Å².